The highest BCUT2D eigenvalue weighted by Crippen LogP contribution is 2.18. The van der Waals surface area contributed by atoms with Crippen LogP contribution in [0.1, 0.15) is 17.2 Å². The summed E-state index contributed by atoms with van der Waals surface area (Å²) in [5, 5.41) is 15.6. The summed E-state index contributed by atoms with van der Waals surface area (Å²) in [6, 6.07) is 10.9. The Hall–Kier alpha value is -1.64. The molecule has 1 atom stereocenters. The van der Waals surface area contributed by atoms with E-state index in [1.807, 2.05) is 41.1 Å². The molecule has 0 unspecified atom stereocenters. The number of hydrogen-bond acceptors (Lipinski definition) is 3. The first kappa shape index (κ1) is 13.8. The van der Waals surface area contributed by atoms with Gasteiger partial charge in [0.15, 0.2) is 0 Å². The Bertz CT molecular complexity index is 604. The van der Waals surface area contributed by atoms with Crippen molar-refractivity contribution in [1.82, 2.24) is 5.32 Å². The first-order valence-electron chi connectivity index (χ1n) is 5.65. The molecule has 1 N–H and O–H groups in total. The lowest BCUT2D eigenvalue weighted by atomic mass is 10.1. The quantitative estimate of drug-likeness (QED) is 0.931. The van der Waals surface area contributed by atoms with E-state index in [0.717, 1.165) is 15.6 Å². The third kappa shape index (κ3) is 3.66. The molecule has 19 heavy (non-hydrogen) atoms. The molecule has 0 spiro atoms. The molecule has 0 saturated carbocycles. The lowest BCUT2D eigenvalue weighted by Crippen LogP contribution is -2.28. The fourth-order valence-electron chi connectivity index (χ4n) is 1.66. The molecule has 3 nitrogen and oxygen atoms in total. The maximum Gasteiger partial charge on any atom is 0.225 e. The van der Waals surface area contributed by atoms with Crippen molar-refractivity contribution in [1.29, 1.82) is 5.26 Å². The highest BCUT2D eigenvalue weighted by Gasteiger charge is 2.15. The van der Waals surface area contributed by atoms with Crippen molar-refractivity contribution >= 4 is 33.2 Å². The SMILES string of the molecule is N#C[C@H](NC(=O)Cc1ccccc1Br)c1ccsc1. The maximum atomic E-state index is 11.9. The first-order chi connectivity index (χ1) is 9.20. The van der Waals surface area contributed by atoms with Crippen LogP contribution < -0.4 is 5.32 Å². The Labute approximate surface area is 124 Å². The van der Waals surface area contributed by atoms with E-state index >= 15 is 0 Å². The molecular formula is C14H11BrN2OS. The number of carbonyl (C=O) groups is 1. The summed E-state index contributed by atoms with van der Waals surface area (Å²) in [5.74, 6) is -0.162. The van der Waals surface area contributed by atoms with E-state index in [2.05, 4.69) is 27.3 Å². The minimum absolute atomic E-state index is 0.162. The van der Waals surface area contributed by atoms with Gasteiger partial charge in [-0.05, 0) is 34.0 Å². The van der Waals surface area contributed by atoms with Crippen molar-refractivity contribution in [3.05, 3.63) is 56.7 Å². The number of halogens is 1. The predicted molar refractivity (Wildman–Crippen MR) is 78.7 cm³/mol. The topological polar surface area (TPSA) is 52.9 Å². The molecule has 0 saturated heterocycles. The summed E-state index contributed by atoms with van der Waals surface area (Å²) >= 11 is 4.91. The Morgan fingerprint density at radius 1 is 1.42 bits per heavy atom. The van der Waals surface area contributed by atoms with Crippen LogP contribution in [0.4, 0.5) is 0 Å². The van der Waals surface area contributed by atoms with E-state index in [9.17, 15) is 4.79 Å². The average Bonchev–Trinajstić information content (AvgIpc) is 2.92. The van der Waals surface area contributed by atoms with Gasteiger partial charge in [-0.1, -0.05) is 34.1 Å². The van der Waals surface area contributed by atoms with Crippen LogP contribution in [0.15, 0.2) is 45.6 Å². The monoisotopic (exact) mass is 334 g/mol. The Morgan fingerprint density at radius 3 is 2.84 bits per heavy atom. The number of amides is 1. The molecule has 1 heterocycles. The summed E-state index contributed by atoms with van der Waals surface area (Å²) in [6.45, 7) is 0. The van der Waals surface area contributed by atoms with Gasteiger partial charge in [0.05, 0.1) is 12.5 Å². The predicted octanol–water partition coefficient (Wildman–Crippen LogP) is 3.43. The highest BCUT2D eigenvalue weighted by atomic mass is 79.9. The molecule has 0 fully saturated rings. The van der Waals surface area contributed by atoms with Crippen molar-refractivity contribution in [2.24, 2.45) is 0 Å². The maximum absolute atomic E-state index is 11.9. The van der Waals surface area contributed by atoms with Crippen LogP contribution in [-0.2, 0) is 11.2 Å². The van der Waals surface area contributed by atoms with Crippen molar-refractivity contribution in [3.63, 3.8) is 0 Å². The number of rotatable bonds is 4. The number of thiophene rings is 1. The molecule has 96 valence electrons. The molecule has 0 bridgehead atoms. The lowest BCUT2D eigenvalue weighted by molar-refractivity contribution is -0.120. The van der Waals surface area contributed by atoms with Gasteiger partial charge in [-0.3, -0.25) is 4.79 Å². The van der Waals surface area contributed by atoms with Crippen molar-refractivity contribution < 1.29 is 4.79 Å². The summed E-state index contributed by atoms with van der Waals surface area (Å²) in [5.41, 5.74) is 1.73. The molecular weight excluding hydrogens is 324 g/mol. The van der Waals surface area contributed by atoms with E-state index in [4.69, 9.17) is 5.26 Å². The normalized spacial score (nSPS) is 11.6. The molecule has 1 amide bonds. The third-order valence-corrected chi connectivity index (χ3v) is 4.09. The Kier molecular flexibility index (Phi) is 4.72. The average molecular weight is 335 g/mol. The van der Waals surface area contributed by atoms with Crippen LogP contribution in [0.5, 0.6) is 0 Å². The Morgan fingerprint density at radius 2 is 2.21 bits per heavy atom. The number of nitriles is 1. The number of carbonyl (C=O) groups excluding carboxylic acids is 1. The van der Waals surface area contributed by atoms with Crippen LogP contribution in [-0.4, -0.2) is 5.91 Å². The molecule has 2 aromatic rings. The van der Waals surface area contributed by atoms with E-state index < -0.39 is 6.04 Å². The zero-order valence-corrected chi connectivity index (χ0v) is 12.4. The zero-order chi connectivity index (χ0) is 13.7. The van der Waals surface area contributed by atoms with Crippen LogP contribution in [0.25, 0.3) is 0 Å². The summed E-state index contributed by atoms with van der Waals surface area (Å²) in [4.78, 5) is 11.9. The summed E-state index contributed by atoms with van der Waals surface area (Å²) in [7, 11) is 0. The smallest absolute Gasteiger partial charge is 0.225 e. The van der Waals surface area contributed by atoms with Crippen LogP contribution in [0.2, 0.25) is 0 Å². The van der Waals surface area contributed by atoms with E-state index in [0.29, 0.717) is 0 Å². The minimum Gasteiger partial charge on any atom is -0.336 e. The summed E-state index contributed by atoms with van der Waals surface area (Å²) in [6.07, 6.45) is 0.254. The molecule has 5 heteroatoms. The first-order valence-corrected chi connectivity index (χ1v) is 7.39. The van der Waals surface area contributed by atoms with Gasteiger partial charge in [-0.25, -0.2) is 0 Å². The molecule has 0 aliphatic carbocycles. The molecule has 0 aliphatic heterocycles. The fourth-order valence-corrected chi connectivity index (χ4v) is 2.77. The summed E-state index contributed by atoms with van der Waals surface area (Å²) < 4.78 is 0.897. The van der Waals surface area contributed by atoms with Crippen LogP contribution >= 0.6 is 27.3 Å². The van der Waals surface area contributed by atoms with E-state index in [1.165, 1.54) is 11.3 Å². The van der Waals surface area contributed by atoms with E-state index in [1.54, 1.807) is 0 Å². The molecule has 1 aromatic carbocycles. The third-order valence-electron chi connectivity index (χ3n) is 2.62. The second-order valence-electron chi connectivity index (χ2n) is 3.95. The number of benzene rings is 1. The van der Waals surface area contributed by atoms with Crippen molar-refractivity contribution in [2.75, 3.05) is 0 Å². The second-order valence-corrected chi connectivity index (χ2v) is 5.59. The molecule has 0 aliphatic rings. The van der Waals surface area contributed by atoms with Gasteiger partial charge in [0.1, 0.15) is 6.04 Å². The molecule has 1 aromatic heterocycles. The fraction of sp³-hybridized carbons (Fsp3) is 0.143. The number of nitrogens with one attached hydrogen (secondary N) is 1. The van der Waals surface area contributed by atoms with Gasteiger partial charge >= 0.3 is 0 Å². The molecule has 0 radical (unpaired) electrons. The second kappa shape index (κ2) is 6.50. The van der Waals surface area contributed by atoms with Crippen molar-refractivity contribution in [2.45, 2.75) is 12.5 Å². The Balaban J connectivity index is 2.02. The van der Waals surface area contributed by atoms with E-state index in [-0.39, 0.29) is 12.3 Å². The van der Waals surface area contributed by atoms with Crippen LogP contribution in [0, 0.1) is 11.3 Å². The number of hydrogen-bond donors (Lipinski definition) is 1. The van der Waals surface area contributed by atoms with Gasteiger partial charge < -0.3 is 5.32 Å². The van der Waals surface area contributed by atoms with Gasteiger partial charge in [0, 0.05) is 4.47 Å². The standard InChI is InChI=1S/C14H11BrN2OS/c15-12-4-2-1-3-10(12)7-14(18)17-13(8-16)11-5-6-19-9-11/h1-6,9,13H,7H2,(H,17,18)/t13-/m0/s1. The highest BCUT2D eigenvalue weighted by molar-refractivity contribution is 9.10. The van der Waals surface area contributed by atoms with Gasteiger partial charge in [-0.2, -0.15) is 16.6 Å². The van der Waals surface area contributed by atoms with Gasteiger partial charge in [0.25, 0.3) is 0 Å². The van der Waals surface area contributed by atoms with Gasteiger partial charge in [0.2, 0.25) is 5.91 Å². The minimum atomic E-state index is -0.582. The zero-order valence-electron chi connectivity index (χ0n) is 9.97. The number of nitrogens with zero attached hydrogens (tertiary/aromatic N) is 1. The largest absolute Gasteiger partial charge is 0.336 e. The van der Waals surface area contributed by atoms with Crippen molar-refractivity contribution in [3.8, 4) is 6.07 Å². The van der Waals surface area contributed by atoms with Gasteiger partial charge in [-0.15, -0.1) is 0 Å². The molecule has 2 rings (SSSR count). The van der Waals surface area contributed by atoms with Crippen LogP contribution in [0.3, 0.4) is 0 Å². The lowest BCUT2D eigenvalue weighted by Gasteiger charge is -2.10.